The van der Waals surface area contributed by atoms with E-state index in [4.69, 9.17) is 9.84 Å². The molecular formula is C12H11NO5. The highest BCUT2D eigenvalue weighted by Gasteiger charge is 2.21. The van der Waals surface area contributed by atoms with Crippen molar-refractivity contribution in [2.45, 2.75) is 19.4 Å². The van der Waals surface area contributed by atoms with Crippen LogP contribution in [0.2, 0.25) is 0 Å². The number of rotatable bonds is 4. The summed E-state index contributed by atoms with van der Waals surface area (Å²) in [6.45, 7) is 0.251. The van der Waals surface area contributed by atoms with E-state index in [1.54, 1.807) is 12.1 Å². The van der Waals surface area contributed by atoms with E-state index in [9.17, 15) is 14.4 Å². The Hall–Kier alpha value is -2.37. The highest BCUT2D eigenvalue weighted by Crippen LogP contribution is 2.23. The van der Waals surface area contributed by atoms with Gasteiger partial charge in [-0.2, -0.15) is 0 Å². The maximum atomic E-state index is 11.4. The molecule has 0 spiro atoms. The highest BCUT2D eigenvalue weighted by atomic mass is 16.5. The summed E-state index contributed by atoms with van der Waals surface area (Å²) in [5.74, 6) is -1.84. The smallest absolute Gasteiger partial charge is 0.338 e. The van der Waals surface area contributed by atoms with Gasteiger partial charge < -0.3 is 15.2 Å². The lowest BCUT2D eigenvalue weighted by Crippen LogP contribution is -2.13. The van der Waals surface area contributed by atoms with Gasteiger partial charge in [0.15, 0.2) is 0 Å². The molecule has 1 heterocycles. The maximum absolute atomic E-state index is 11.4. The predicted octanol–water partition coefficient (Wildman–Crippen LogP) is 1.16. The Kier molecular flexibility index (Phi) is 3.27. The molecule has 0 atom stereocenters. The lowest BCUT2D eigenvalue weighted by molar-refractivity contribution is -0.138. The van der Waals surface area contributed by atoms with Gasteiger partial charge in [0, 0.05) is 17.7 Å². The minimum absolute atomic E-state index is 0.100. The molecule has 0 bridgehead atoms. The number of esters is 1. The van der Waals surface area contributed by atoms with E-state index in [0.29, 0.717) is 11.3 Å². The molecule has 0 aromatic heterocycles. The zero-order valence-electron chi connectivity index (χ0n) is 9.43. The third-order valence-corrected chi connectivity index (χ3v) is 2.54. The minimum atomic E-state index is -1.03. The summed E-state index contributed by atoms with van der Waals surface area (Å²) in [6, 6.07) is 4.88. The number of cyclic esters (lactones) is 1. The molecule has 1 aliphatic heterocycles. The molecule has 94 valence electrons. The summed E-state index contributed by atoms with van der Waals surface area (Å²) in [6.07, 6.45) is -0.324. The average molecular weight is 249 g/mol. The summed E-state index contributed by atoms with van der Waals surface area (Å²) in [5.41, 5.74) is 1.68. The molecule has 18 heavy (non-hydrogen) atoms. The van der Waals surface area contributed by atoms with Gasteiger partial charge in [0.2, 0.25) is 5.91 Å². The first kappa shape index (κ1) is 12.1. The fourth-order valence-electron chi connectivity index (χ4n) is 1.64. The number of fused-ring (bicyclic) bond motifs is 1. The number of benzene rings is 1. The summed E-state index contributed by atoms with van der Waals surface area (Å²) in [7, 11) is 0. The third kappa shape index (κ3) is 2.65. The number of nitrogens with one attached hydrogen (secondary N) is 1. The molecule has 0 saturated heterocycles. The van der Waals surface area contributed by atoms with Gasteiger partial charge in [-0.15, -0.1) is 0 Å². The van der Waals surface area contributed by atoms with Crippen molar-refractivity contribution in [1.82, 2.24) is 0 Å². The Morgan fingerprint density at radius 1 is 1.33 bits per heavy atom. The van der Waals surface area contributed by atoms with Crippen LogP contribution in [0.15, 0.2) is 18.2 Å². The summed E-state index contributed by atoms with van der Waals surface area (Å²) < 4.78 is 4.83. The molecule has 1 aliphatic rings. The molecule has 0 saturated carbocycles. The molecule has 0 radical (unpaired) electrons. The molecule has 1 aromatic carbocycles. The van der Waals surface area contributed by atoms with Crippen LogP contribution in [0, 0.1) is 0 Å². The van der Waals surface area contributed by atoms with Crippen LogP contribution < -0.4 is 5.32 Å². The summed E-state index contributed by atoms with van der Waals surface area (Å²) in [4.78, 5) is 33.0. The number of carboxylic acids is 1. The van der Waals surface area contributed by atoms with Gasteiger partial charge in [-0.1, -0.05) is 6.07 Å². The molecule has 0 fully saturated rings. The van der Waals surface area contributed by atoms with Crippen molar-refractivity contribution >= 4 is 23.5 Å². The van der Waals surface area contributed by atoms with Crippen LogP contribution in [0.3, 0.4) is 0 Å². The number of carbonyl (C=O) groups excluding carboxylic acids is 2. The fourth-order valence-corrected chi connectivity index (χ4v) is 1.64. The van der Waals surface area contributed by atoms with Crippen LogP contribution in [0.25, 0.3) is 0 Å². The van der Waals surface area contributed by atoms with Crippen LogP contribution in [-0.4, -0.2) is 23.0 Å². The first-order valence-electron chi connectivity index (χ1n) is 5.38. The largest absolute Gasteiger partial charge is 0.481 e. The normalized spacial score (nSPS) is 12.8. The molecule has 2 rings (SSSR count). The van der Waals surface area contributed by atoms with Gasteiger partial charge in [0.1, 0.15) is 6.61 Å². The Morgan fingerprint density at radius 2 is 2.11 bits per heavy atom. The van der Waals surface area contributed by atoms with Gasteiger partial charge in [-0.25, -0.2) is 4.79 Å². The summed E-state index contributed by atoms with van der Waals surface area (Å²) in [5, 5.41) is 11.0. The van der Waals surface area contributed by atoms with Crippen molar-refractivity contribution in [3.05, 3.63) is 29.3 Å². The standard InChI is InChI=1S/C12H11NO5/c14-10(3-4-11(15)16)13-8-2-1-7-6-18-12(17)9(7)5-8/h1-2,5H,3-4,6H2,(H,13,14)(H,15,16). The molecule has 1 amide bonds. The van der Waals surface area contributed by atoms with E-state index in [0.717, 1.165) is 5.56 Å². The van der Waals surface area contributed by atoms with Crippen LogP contribution in [-0.2, 0) is 20.9 Å². The van der Waals surface area contributed by atoms with Crippen molar-refractivity contribution in [2.75, 3.05) is 5.32 Å². The number of anilines is 1. The number of hydrogen-bond acceptors (Lipinski definition) is 4. The number of ether oxygens (including phenoxy) is 1. The van der Waals surface area contributed by atoms with E-state index in [1.165, 1.54) is 6.07 Å². The first-order valence-corrected chi connectivity index (χ1v) is 5.38. The van der Waals surface area contributed by atoms with Crippen LogP contribution in [0.5, 0.6) is 0 Å². The third-order valence-electron chi connectivity index (χ3n) is 2.54. The average Bonchev–Trinajstić information content (AvgIpc) is 2.69. The second kappa shape index (κ2) is 4.87. The topological polar surface area (TPSA) is 92.7 Å². The van der Waals surface area contributed by atoms with Gasteiger partial charge in [-0.3, -0.25) is 9.59 Å². The minimum Gasteiger partial charge on any atom is -0.481 e. The van der Waals surface area contributed by atoms with Crippen LogP contribution in [0.4, 0.5) is 5.69 Å². The van der Waals surface area contributed by atoms with Crippen molar-refractivity contribution in [2.24, 2.45) is 0 Å². The fraction of sp³-hybridized carbons (Fsp3) is 0.250. The van der Waals surface area contributed by atoms with Crippen molar-refractivity contribution in [3.8, 4) is 0 Å². The number of hydrogen-bond donors (Lipinski definition) is 2. The quantitative estimate of drug-likeness (QED) is 0.781. The molecule has 0 aliphatic carbocycles. The van der Waals surface area contributed by atoms with Gasteiger partial charge in [0.05, 0.1) is 12.0 Å². The Balaban J connectivity index is 2.02. The Labute approximate surface area is 103 Å². The molecular weight excluding hydrogens is 238 g/mol. The monoisotopic (exact) mass is 249 g/mol. The van der Waals surface area contributed by atoms with Crippen LogP contribution >= 0.6 is 0 Å². The van der Waals surface area contributed by atoms with E-state index in [2.05, 4.69) is 5.32 Å². The lowest BCUT2D eigenvalue weighted by Gasteiger charge is -2.05. The predicted molar refractivity (Wildman–Crippen MR) is 61.1 cm³/mol. The zero-order valence-corrected chi connectivity index (χ0v) is 9.43. The number of carboxylic acid groups (broad SMARTS) is 1. The molecule has 1 aromatic rings. The lowest BCUT2D eigenvalue weighted by atomic mass is 10.1. The number of carbonyl (C=O) groups is 3. The number of amides is 1. The maximum Gasteiger partial charge on any atom is 0.338 e. The van der Waals surface area contributed by atoms with Gasteiger partial charge in [-0.05, 0) is 12.1 Å². The zero-order chi connectivity index (χ0) is 13.1. The highest BCUT2D eigenvalue weighted by molar-refractivity contribution is 5.97. The Bertz CT molecular complexity index is 523. The van der Waals surface area contributed by atoms with E-state index in [1.807, 2.05) is 0 Å². The summed E-state index contributed by atoms with van der Waals surface area (Å²) >= 11 is 0. The Morgan fingerprint density at radius 3 is 2.83 bits per heavy atom. The van der Waals surface area contributed by atoms with Crippen molar-refractivity contribution in [1.29, 1.82) is 0 Å². The number of aliphatic carboxylic acids is 1. The molecule has 0 unspecified atom stereocenters. The van der Waals surface area contributed by atoms with E-state index >= 15 is 0 Å². The molecule has 2 N–H and O–H groups in total. The van der Waals surface area contributed by atoms with Gasteiger partial charge in [0.25, 0.3) is 0 Å². The molecule has 6 nitrogen and oxygen atoms in total. The SMILES string of the molecule is O=C(O)CCC(=O)Nc1ccc2c(c1)C(=O)OC2. The van der Waals surface area contributed by atoms with Gasteiger partial charge >= 0.3 is 11.9 Å². The van der Waals surface area contributed by atoms with Crippen molar-refractivity contribution < 1.29 is 24.2 Å². The van der Waals surface area contributed by atoms with E-state index < -0.39 is 17.8 Å². The molecule has 6 heteroatoms. The second-order valence-electron chi connectivity index (χ2n) is 3.89. The first-order chi connectivity index (χ1) is 8.56. The van der Waals surface area contributed by atoms with E-state index in [-0.39, 0.29) is 19.4 Å². The van der Waals surface area contributed by atoms with Crippen molar-refractivity contribution in [3.63, 3.8) is 0 Å². The van der Waals surface area contributed by atoms with Crippen LogP contribution in [0.1, 0.15) is 28.8 Å². The second-order valence-corrected chi connectivity index (χ2v) is 3.89.